The Kier molecular flexibility index (Phi) is 3.04. The molecule has 1 aromatic carbocycles. The van der Waals surface area contributed by atoms with Gasteiger partial charge in [-0.2, -0.15) is 0 Å². The lowest BCUT2D eigenvalue weighted by Gasteiger charge is -2.33. The van der Waals surface area contributed by atoms with Crippen molar-refractivity contribution in [2.45, 2.75) is 18.9 Å². The van der Waals surface area contributed by atoms with Gasteiger partial charge in [-0.05, 0) is 24.5 Å². The Labute approximate surface area is 103 Å². The largest absolute Gasteiger partial charge is 0.381 e. The summed E-state index contributed by atoms with van der Waals surface area (Å²) in [5, 5.41) is 0. The summed E-state index contributed by atoms with van der Waals surface area (Å²) in [4.78, 5) is 2.49. The van der Waals surface area contributed by atoms with Gasteiger partial charge in [-0.25, -0.2) is 0 Å². The zero-order valence-corrected chi connectivity index (χ0v) is 10.1. The fraction of sp³-hybridized carbons (Fsp3) is 0.571. The summed E-state index contributed by atoms with van der Waals surface area (Å²) in [6.07, 6.45) is 2.31. The number of fused-ring (bicyclic) bond motifs is 1. The van der Waals surface area contributed by atoms with E-state index >= 15 is 0 Å². The summed E-state index contributed by atoms with van der Waals surface area (Å²) in [7, 11) is 0. The van der Waals surface area contributed by atoms with Crippen molar-refractivity contribution in [1.82, 2.24) is 0 Å². The van der Waals surface area contributed by atoms with Crippen molar-refractivity contribution in [1.29, 1.82) is 0 Å². The molecule has 17 heavy (non-hydrogen) atoms. The predicted molar refractivity (Wildman–Crippen MR) is 69.3 cm³/mol. The van der Waals surface area contributed by atoms with Gasteiger partial charge >= 0.3 is 0 Å². The van der Waals surface area contributed by atoms with Crippen LogP contribution in [0.2, 0.25) is 0 Å². The smallest absolute Gasteiger partial charge is 0.0515 e. The Morgan fingerprint density at radius 2 is 2.29 bits per heavy atom. The summed E-state index contributed by atoms with van der Waals surface area (Å²) < 4.78 is 5.51. The normalized spacial score (nSPS) is 25.0. The van der Waals surface area contributed by atoms with Gasteiger partial charge in [0.05, 0.1) is 6.61 Å². The predicted octanol–water partition coefficient (Wildman–Crippen LogP) is 1.41. The molecule has 0 aliphatic carbocycles. The maximum atomic E-state index is 5.99. The van der Waals surface area contributed by atoms with Gasteiger partial charge in [0.1, 0.15) is 0 Å². The van der Waals surface area contributed by atoms with E-state index in [2.05, 4.69) is 29.2 Å². The Bertz CT molecular complexity index is 388. The summed E-state index contributed by atoms with van der Waals surface area (Å²) in [5.41, 5.74) is 8.84. The molecule has 2 unspecified atom stereocenters. The average Bonchev–Trinajstić information content (AvgIpc) is 3.01. The molecule has 0 amide bonds. The van der Waals surface area contributed by atoms with E-state index in [0.717, 1.165) is 39.1 Å². The minimum absolute atomic E-state index is 0.446. The zero-order chi connectivity index (χ0) is 11.7. The molecule has 2 heterocycles. The Balaban J connectivity index is 1.84. The number of para-hydroxylation sites is 1. The van der Waals surface area contributed by atoms with Crippen LogP contribution < -0.4 is 10.6 Å². The molecule has 2 N–H and O–H groups in total. The molecular formula is C14H20N2O. The van der Waals surface area contributed by atoms with Crippen molar-refractivity contribution in [3.05, 3.63) is 29.8 Å². The Morgan fingerprint density at radius 3 is 3.06 bits per heavy atom. The molecule has 1 saturated heterocycles. The molecule has 3 nitrogen and oxygen atoms in total. The SMILES string of the molecule is NCC(C1CCOC1)N1CCc2ccccc21. The van der Waals surface area contributed by atoms with Crippen molar-refractivity contribution in [2.75, 3.05) is 31.2 Å². The van der Waals surface area contributed by atoms with E-state index in [9.17, 15) is 0 Å². The lowest BCUT2D eigenvalue weighted by Crippen LogP contribution is -2.45. The van der Waals surface area contributed by atoms with Gasteiger partial charge in [-0.1, -0.05) is 18.2 Å². The quantitative estimate of drug-likeness (QED) is 0.856. The molecule has 2 aliphatic heterocycles. The first-order valence-corrected chi connectivity index (χ1v) is 6.52. The third-order valence-corrected chi connectivity index (χ3v) is 4.07. The number of nitrogens with zero attached hydrogens (tertiary/aromatic N) is 1. The van der Waals surface area contributed by atoms with Gasteiger partial charge in [0.2, 0.25) is 0 Å². The minimum atomic E-state index is 0.446. The van der Waals surface area contributed by atoms with E-state index in [-0.39, 0.29) is 0 Å². The van der Waals surface area contributed by atoms with E-state index in [1.54, 1.807) is 0 Å². The molecule has 0 saturated carbocycles. The van der Waals surface area contributed by atoms with Crippen LogP contribution in [-0.2, 0) is 11.2 Å². The van der Waals surface area contributed by atoms with Crippen LogP contribution in [0.25, 0.3) is 0 Å². The van der Waals surface area contributed by atoms with Gasteiger partial charge in [0.15, 0.2) is 0 Å². The molecule has 1 aromatic rings. The van der Waals surface area contributed by atoms with Gasteiger partial charge in [0, 0.05) is 37.3 Å². The summed E-state index contributed by atoms with van der Waals surface area (Å²) in [6, 6.07) is 9.14. The fourth-order valence-electron chi connectivity index (χ4n) is 3.14. The summed E-state index contributed by atoms with van der Waals surface area (Å²) >= 11 is 0. The first-order valence-electron chi connectivity index (χ1n) is 6.52. The molecule has 1 fully saturated rings. The maximum Gasteiger partial charge on any atom is 0.0515 e. The second-order valence-corrected chi connectivity index (χ2v) is 5.00. The van der Waals surface area contributed by atoms with Crippen molar-refractivity contribution in [3.8, 4) is 0 Å². The molecule has 0 spiro atoms. The van der Waals surface area contributed by atoms with E-state index in [4.69, 9.17) is 10.5 Å². The van der Waals surface area contributed by atoms with E-state index < -0.39 is 0 Å². The standard InChI is InChI=1S/C14H20N2O/c15-9-14(12-6-8-17-10-12)16-7-5-11-3-1-2-4-13(11)16/h1-4,12,14H,5-10,15H2. The van der Waals surface area contributed by atoms with Crippen LogP contribution in [0.15, 0.2) is 24.3 Å². The highest BCUT2D eigenvalue weighted by Crippen LogP contribution is 2.32. The van der Waals surface area contributed by atoms with Crippen LogP contribution in [0.4, 0.5) is 5.69 Å². The van der Waals surface area contributed by atoms with Crippen LogP contribution in [0.1, 0.15) is 12.0 Å². The molecule has 92 valence electrons. The third kappa shape index (κ3) is 1.94. The van der Waals surface area contributed by atoms with E-state index in [1.807, 2.05) is 0 Å². The Morgan fingerprint density at radius 1 is 1.41 bits per heavy atom. The number of anilines is 1. The molecule has 3 rings (SSSR count). The highest BCUT2D eigenvalue weighted by Gasteiger charge is 2.32. The van der Waals surface area contributed by atoms with Gasteiger partial charge < -0.3 is 15.4 Å². The van der Waals surface area contributed by atoms with Crippen LogP contribution >= 0.6 is 0 Å². The number of nitrogens with two attached hydrogens (primary N) is 1. The fourth-order valence-corrected chi connectivity index (χ4v) is 3.14. The first kappa shape index (κ1) is 11.1. The number of ether oxygens (including phenoxy) is 1. The molecule has 2 aliphatic rings. The second kappa shape index (κ2) is 4.67. The second-order valence-electron chi connectivity index (χ2n) is 5.00. The van der Waals surface area contributed by atoms with Crippen LogP contribution in [-0.4, -0.2) is 32.3 Å². The monoisotopic (exact) mass is 232 g/mol. The molecule has 3 heteroatoms. The molecular weight excluding hydrogens is 212 g/mol. The van der Waals surface area contributed by atoms with Crippen LogP contribution in [0.5, 0.6) is 0 Å². The van der Waals surface area contributed by atoms with Gasteiger partial charge in [0.25, 0.3) is 0 Å². The lowest BCUT2D eigenvalue weighted by molar-refractivity contribution is 0.180. The van der Waals surface area contributed by atoms with E-state index in [0.29, 0.717) is 12.0 Å². The first-order chi connectivity index (χ1) is 8.40. The van der Waals surface area contributed by atoms with E-state index in [1.165, 1.54) is 11.3 Å². The topological polar surface area (TPSA) is 38.5 Å². The molecule has 0 bridgehead atoms. The minimum Gasteiger partial charge on any atom is -0.381 e. The lowest BCUT2D eigenvalue weighted by atomic mass is 9.97. The molecule has 2 atom stereocenters. The average molecular weight is 232 g/mol. The number of rotatable bonds is 3. The highest BCUT2D eigenvalue weighted by atomic mass is 16.5. The zero-order valence-electron chi connectivity index (χ0n) is 10.1. The summed E-state index contributed by atoms with van der Waals surface area (Å²) in [6.45, 7) is 3.61. The number of hydrogen-bond acceptors (Lipinski definition) is 3. The van der Waals surface area contributed by atoms with Crippen molar-refractivity contribution < 1.29 is 4.74 Å². The molecule has 0 radical (unpaired) electrons. The van der Waals surface area contributed by atoms with Crippen LogP contribution in [0, 0.1) is 5.92 Å². The third-order valence-electron chi connectivity index (χ3n) is 4.07. The number of hydrogen-bond donors (Lipinski definition) is 1. The molecule has 0 aromatic heterocycles. The van der Waals surface area contributed by atoms with Crippen molar-refractivity contribution >= 4 is 5.69 Å². The van der Waals surface area contributed by atoms with Gasteiger partial charge in [-0.15, -0.1) is 0 Å². The van der Waals surface area contributed by atoms with Crippen molar-refractivity contribution in [3.63, 3.8) is 0 Å². The van der Waals surface area contributed by atoms with Crippen molar-refractivity contribution in [2.24, 2.45) is 11.7 Å². The van der Waals surface area contributed by atoms with Gasteiger partial charge in [-0.3, -0.25) is 0 Å². The van der Waals surface area contributed by atoms with Crippen LogP contribution in [0.3, 0.4) is 0 Å². The number of benzene rings is 1. The highest BCUT2D eigenvalue weighted by molar-refractivity contribution is 5.58. The maximum absolute atomic E-state index is 5.99. The summed E-state index contributed by atoms with van der Waals surface area (Å²) in [5.74, 6) is 0.603. The Hall–Kier alpha value is -1.06.